The van der Waals surface area contributed by atoms with E-state index in [1.54, 1.807) is 6.92 Å². The highest BCUT2D eigenvalue weighted by Gasteiger charge is 2.22. The van der Waals surface area contributed by atoms with Crippen LogP contribution in [0, 0.1) is 17.5 Å². The normalized spacial score (nSPS) is 10.6. The Kier molecular flexibility index (Phi) is 4.54. The molecular formula is C14H12BF3O3. The average molecular weight is 296 g/mol. The minimum atomic E-state index is -2.12. The summed E-state index contributed by atoms with van der Waals surface area (Å²) in [4.78, 5) is 0. The maximum atomic E-state index is 13.9. The van der Waals surface area contributed by atoms with Crippen molar-refractivity contribution >= 4 is 12.6 Å². The van der Waals surface area contributed by atoms with E-state index in [4.69, 9.17) is 14.8 Å². The highest BCUT2D eigenvalue weighted by atomic mass is 19.2. The summed E-state index contributed by atoms with van der Waals surface area (Å²) in [6.45, 7) is 1.98. The fraction of sp³-hybridized carbons (Fsp3) is 0.143. The van der Waals surface area contributed by atoms with Gasteiger partial charge >= 0.3 is 7.12 Å². The molecule has 2 N–H and O–H groups in total. The Morgan fingerprint density at radius 1 is 1.05 bits per heavy atom. The van der Waals surface area contributed by atoms with Gasteiger partial charge < -0.3 is 14.8 Å². The van der Waals surface area contributed by atoms with Crippen LogP contribution >= 0.6 is 0 Å². The number of halogens is 3. The summed E-state index contributed by atoms with van der Waals surface area (Å²) >= 11 is 0. The summed E-state index contributed by atoms with van der Waals surface area (Å²) in [7, 11) is -2.12. The molecule has 0 aliphatic carbocycles. The second kappa shape index (κ2) is 6.20. The highest BCUT2D eigenvalue weighted by Crippen LogP contribution is 2.28. The van der Waals surface area contributed by atoms with Crippen molar-refractivity contribution in [1.82, 2.24) is 0 Å². The van der Waals surface area contributed by atoms with Crippen molar-refractivity contribution in [2.24, 2.45) is 0 Å². The molecule has 0 radical (unpaired) electrons. The minimum Gasteiger partial charge on any atom is -0.491 e. The van der Waals surface area contributed by atoms with Crippen molar-refractivity contribution in [3.63, 3.8) is 0 Å². The van der Waals surface area contributed by atoms with Crippen LogP contribution in [0.1, 0.15) is 6.92 Å². The largest absolute Gasteiger partial charge is 0.491 e. The smallest absolute Gasteiger partial charge is 0.491 e. The topological polar surface area (TPSA) is 49.7 Å². The number of hydrogen-bond donors (Lipinski definition) is 2. The molecule has 110 valence electrons. The molecule has 0 atom stereocenters. The first-order valence-electron chi connectivity index (χ1n) is 6.22. The molecule has 0 saturated heterocycles. The summed E-state index contributed by atoms with van der Waals surface area (Å²) < 4.78 is 46.4. The van der Waals surface area contributed by atoms with Gasteiger partial charge in [0.2, 0.25) is 0 Å². The van der Waals surface area contributed by atoms with E-state index in [-0.39, 0.29) is 23.5 Å². The summed E-state index contributed by atoms with van der Waals surface area (Å²) in [6.07, 6.45) is 0. The van der Waals surface area contributed by atoms with E-state index in [1.807, 2.05) is 0 Å². The Hall–Kier alpha value is -1.99. The maximum absolute atomic E-state index is 13.9. The molecular weight excluding hydrogens is 284 g/mol. The number of rotatable bonds is 4. The van der Waals surface area contributed by atoms with E-state index in [9.17, 15) is 13.2 Å². The van der Waals surface area contributed by atoms with E-state index in [1.165, 1.54) is 12.1 Å². The number of hydrogen-bond acceptors (Lipinski definition) is 3. The first kappa shape index (κ1) is 15.4. The van der Waals surface area contributed by atoms with Gasteiger partial charge in [0.05, 0.1) is 6.61 Å². The van der Waals surface area contributed by atoms with E-state index < -0.39 is 30.0 Å². The summed E-state index contributed by atoms with van der Waals surface area (Å²) in [5.74, 6) is -3.33. The predicted octanol–water partition coefficient (Wildman–Crippen LogP) is 1.85. The first-order valence-corrected chi connectivity index (χ1v) is 6.22. The van der Waals surface area contributed by atoms with Crippen LogP contribution in [-0.2, 0) is 0 Å². The molecule has 21 heavy (non-hydrogen) atoms. The minimum absolute atomic E-state index is 0.0181. The Morgan fingerprint density at radius 3 is 2.33 bits per heavy atom. The second-order valence-corrected chi connectivity index (χ2v) is 4.28. The van der Waals surface area contributed by atoms with Gasteiger partial charge in [0.1, 0.15) is 0 Å². The van der Waals surface area contributed by atoms with E-state index in [2.05, 4.69) is 0 Å². The lowest BCUT2D eigenvalue weighted by Crippen LogP contribution is -2.33. The molecule has 0 aromatic heterocycles. The Bertz CT molecular complexity index is 662. The molecule has 0 bridgehead atoms. The highest BCUT2D eigenvalue weighted by molar-refractivity contribution is 6.58. The maximum Gasteiger partial charge on any atom is 0.491 e. The molecule has 0 saturated carbocycles. The first-order chi connectivity index (χ1) is 9.95. The molecule has 0 aliphatic rings. The second-order valence-electron chi connectivity index (χ2n) is 4.28. The van der Waals surface area contributed by atoms with Crippen LogP contribution in [0.15, 0.2) is 30.3 Å². The van der Waals surface area contributed by atoms with Gasteiger partial charge in [-0.3, -0.25) is 0 Å². The summed E-state index contributed by atoms with van der Waals surface area (Å²) in [5.41, 5.74) is -0.646. The molecule has 3 nitrogen and oxygen atoms in total. The molecule has 0 fully saturated rings. The van der Waals surface area contributed by atoms with Crippen LogP contribution < -0.4 is 10.2 Å². The zero-order valence-corrected chi connectivity index (χ0v) is 11.1. The Balaban J connectivity index is 2.48. The van der Waals surface area contributed by atoms with Gasteiger partial charge in [0.25, 0.3) is 0 Å². The van der Waals surface area contributed by atoms with Crippen molar-refractivity contribution < 1.29 is 28.0 Å². The lowest BCUT2D eigenvalue weighted by molar-refractivity contribution is 0.321. The fourth-order valence-electron chi connectivity index (χ4n) is 1.93. The summed E-state index contributed by atoms with van der Waals surface area (Å²) in [5, 5.41) is 17.8. The Labute approximate surface area is 119 Å². The summed E-state index contributed by atoms with van der Waals surface area (Å²) in [6, 6.07) is 5.92. The zero-order chi connectivity index (χ0) is 15.6. The molecule has 2 aromatic carbocycles. The van der Waals surface area contributed by atoms with Crippen LogP contribution in [0.25, 0.3) is 11.1 Å². The molecule has 0 unspecified atom stereocenters. The average Bonchev–Trinajstić information content (AvgIpc) is 2.44. The monoisotopic (exact) mass is 296 g/mol. The Morgan fingerprint density at radius 2 is 1.76 bits per heavy atom. The van der Waals surface area contributed by atoms with Crippen LogP contribution in [0.4, 0.5) is 13.2 Å². The third-order valence-electron chi connectivity index (χ3n) is 2.93. The molecule has 0 spiro atoms. The number of ether oxygens (including phenoxy) is 1. The molecule has 7 heteroatoms. The van der Waals surface area contributed by atoms with Gasteiger partial charge in [-0.25, -0.2) is 13.2 Å². The zero-order valence-electron chi connectivity index (χ0n) is 11.1. The van der Waals surface area contributed by atoms with Crippen molar-refractivity contribution in [1.29, 1.82) is 0 Å². The van der Waals surface area contributed by atoms with Crippen molar-refractivity contribution in [2.45, 2.75) is 6.92 Å². The lowest BCUT2D eigenvalue weighted by atomic mass is 9.79. The van der Waals surface area contributed by atoms with E-state index in [0.29, 0.717) is 0 Å². The van der Waals surface area contributed by atoms with Crippen LogP contribution in [0.5, 0.6) is 5.75 Å². The van der Waals surface area contributed by atoms with Crippen molar-refractivity contribution in [3.05, 3.63) is 47.8 Å². The quantitative estimate of drug-likeness (QED) is 0.847. The third kappa shape index (κ3) is 3.04. The fourth-order valence-corrected chi connectivity index (χ4v) is 1.93. The molecule has 2 aromatic rings. The SMILES string of the molecule is CCOc1ccc(-c2ccc(B(O)O)c(F)c2F)cc1F. The molecule has 0 aliphatic heterocycles. The van der Waals surface area contributed by atoms with Crippen LogP contribution in [0.3, 0.4) is 0 Å². The third-order valence-corrected chi connectivity index (χ3v) is 2.93. The molecule has 0 amide bonds. The molecule has 2 rings (SSSR count). The van der Waals surface area contributed by atoms with Gasteiger partial charge in [0, 0.05) is 11.0 Å². The number of benzene rings is 2. The van der Waals surface area contributed by atoms with Crippen LogP contribution in [0.2, 0.25) is 0 Å². The standard InChI is InChI=1S/C14H12BF3O3/c1-2-21-12-6-3-8(7-11(12)16)9-4-5-10(15(19)20)14(18)13(9)17/h3-7,19-20H,2H2,1H3. The van der Waals surface area contributed by atoms with Crippen molar-refractivity contribution in [3.8, 4) is 16.9 Å². The van der Waals surface area contributed by atoms with Gasteiger partial charge in [-0.2, -0.15) is 0 Å². The van der Waals surface area contributed by atoms with Crippen LogP contribution in [-0.4, -0.2) is 23.8 Å². The van der Waals surface area contributed by atoms with Gasteiger partial charge in [-0.05, 0) is 24.6 Å². The molecule has 0 heterocycles. The lowest BCUT2D eigenvalue weighted by Gasteiger charge is -2.10. The van der Waals surface area contributed by atoms with Gasteiger partial charge in [-0.1, -0.05) is 18.2 Å². The predicted molar refractivity (Wildman–Crippen MR) is 72.7 cm³/mol. The van der Waals surface area contributed by atoms with Gasteiger partial charge in [-0.15, -0.1) is 0 Å². The van der Waals surface area contributed by atoms with Gasteiger partial charge in [0.15, 0.2) is 23.2 Å². The van der Waals surface area contributed by atoms with Crippen molar-refractivity contribution in [2.75, 3.05) is 6.61 Å². The van der Waals surface area contributed by atoms with E-state index >= 15 is 0 Å². The van der Waals surface area contributed by atoms with E-state index in [0.717, 1.165) is 18.2 Å².